The van der Waals surface area contributed by atoms with Gasteiger partial charge in [0, 0.05) is 10.6 Å². The van der Waals surface area contributed by atoms with Crippen molar-refractivity contribution in [1.82, 2.24) is 4.57 Å². The second-order valence-electron chi connectivity index (χ2n) is 5.15. The second-order valence-corrected chi connectivity index (χ2v) is 5.59. The highest BCUT2D eigenvalue weighted by Gasteiger charge is 2.22. The summed E-state index contributed by atoms with van der Waals surface area (Å²) in [5, 5.41) is 10.0. The first kappa shape index (κ1) is 13.7. The summed E-state index contributed by atoms with van der Waals surface area (Å²) in [5.41, 5.74) is 8.59. The quantitative estimate of drug-likeness (QED) is 0.880. The van der Waals surface area contributed by atoms with E-state index >= 15 is 0 Å². The van der Waals surface area contributed by atoms with Crippen molar-refractivity contribution in [1.29, 1.82) is 5.26 Å². The lowest BCUT2D eigenvalue weighted by Crippen LogP contribution is -2.29. The van der Waals surface area contributed by atoms with E-state index in [1.54, 1.807) is 24.3 Å². The Kier molecular flexibility index (Phi) is 3.44. The Hall–Kier alpha value is -2.25. The minimum absolute atomic E-state index is 0.122. The average Bonchev–Trinajstić information content (AvgIpc) is 2.50. The van der Waals surface area contributed by atoms with Gasteiger partial charge in [0.2, 0.25) is 0 Å². The number of hydrogen-bond acceptors (Lipinski definition) is 3. The number of nitriles is 1. The first-order chi connectivity index (χ1) is 10.1. The Morgan fingerprint density at radius 3 is 2.38 bits per heavy atom. The van der Waals surface area contributed by atoms with Crippen LogP contribution in [-0.4, -0.2) is 4.57 Å². The van der Waals surface area contributed by atoms with Crippen LogP contribution < -0.4 is 11.3 Å². The van der Waals surface area contributed by atoms with E-state index in [0.717, 1.165) is 30.4 Å². The van der Waals surface area contributed by atoms with E-state index in [1.165, 1.54) is 4.57 Å². The molecule has 0 bridgehead atoms. The molecule has 0 unspecified atom stereocenters. The van der Waals surface area contributed by atoms with Crippen molar-refractivity contribution >= 4 is 17.4 Å². The highest BCUT2D eigenvalue weighted by Crippen LogP contribution is 2.27. The van der Waals surface area contributed by atoms with Gasteiger partial charge in [0.05, 0.1) is 11.3 Å². The zero-order chi connectivity index (χ0) is 15.0. The molecule has 5 heteroatoms. The van der Waals surface area contributed by atoms with Crippen molar-refractivity contribution in [3.05, 3.63) is 56.3 Å². The first-order valence-corrected chi connectivity index (χ1v) is 7.23. The highest BCUT2D eigenvalue weighted by atomic mass is 35.5. The third kappa shape index (κ3) is 2.20. The van der Waals surface area contributed by atoms with E-state index in [-0.39, 0.29) is 11.4 Å². The topological polar surface area (TPSA) is 71.8 Å². The maximum absolute atomic E-state index is 12.7. The number of hydrogen-bond donors (Lipinski definition) is 1. The van der Waals surface area contributed by atoms with Gasteiger partial charge >= 0.3 is 0 Å². The third-order valence-electron chi connectivity index (χ3n) is 3.92. The zero-order valence-electron chi connectivity index (χ0n) is 11.4. The first-order valence-electron chi connectivity index (χ1n) is 6.85. The number of nitrogen functional groups attached to an aromatic ring is 1. The Bertz CT molecular complexity index is 800. The van der Waals surface area contributed by atoms with Crippen LogP contribution in [0.25, 0.3) is 5.69 Å². The van der Waals surface area contributed by atoms with Gasteiger partial charge in [-0.05, 0) is 55.5 Å². The van der Waals surface area contributed by atoms with Crippen LogP contribution in [0.4, 0.5) is 5.82 Å². The molecule has 21 heavy (non-hydrogen) atoms. The van der Waals surface area contributed by atoms with Gasteiger partial charge in [0.25, 0.3) is 5.56 Å². The Morgan fingerprint density at radius 2 is 1.76 bits per heavy atom. The Balaban J connectivity index is 2.33. The fourth-order valence-electron chi connectivity index (χ4n) is 2.90. The van der Waals surface area contributed by atoms with Gasteiger partial charge in [-0.3, -0.25) is 9.36 Å². The molecule has 0 spiro atoms. The second kappa shape index (κ2) is 5.27. The highest BCUT2D eigenvalue weighted by molar-refractivity contribution is 6.30. The maximum Gasteiger partial charge on any atom is 0.260 e. The molecule has 0 saturated heterocycles. The fraction of sp³-hybridized carbons (Fsp3) is 0.250. The summed E-state index contributed by atoms with van der Waals surface area (Å²) in [6.07, 6.45) is 3.42. The summed E-state index contributed by atoms with van der Waals surface area (Å²) < 4.78 is 1.42. The van der Waals surface area contributed by atoms with Crippen molar-refractivity contribution in [2.24, 2.45) is 0 Å². The zero-order valence-corrected chi connectivity index (χ0v) is 12.2. The number of anilines is 1. The van der Waals surface area contributed by atoms with Gasteiger partial charge in [-0.1, -0.05) is 11.6 Å². The minimum atomic E-state index is -0.122. The normalized spacial score (nSPS) is 13.5. The van der Waals surface area contributed by atoms with E-state index in [4.69, 9.17) is 17.3 Å². The molecule has 0 fully saturated rings. The lowest BCUT2D eigenvalue weighted by atomic mass is 9.89. The molecule has 1 heterocycles. The molecule has 0 saturated carbocycles. The minimum Gasteiger partial charge on any atom is -0.384 e. The van der Waals surface area contributed by atoms with E-state index in [9.17, 15) is 10.1 Å². The predicted octanol–water partition coefficient (Wildman–Crippen LogP) is 2.82. The van der Waals surface area contributed by atoms with Gasteiger partial charge < -0.3 is 5.73 Å². The van der Waals surface area contributed by atoms with E-state index in [0.29, 0.717) is 22.7 Å². The summed E-state index contributed by atoms with van der Waals surface area (Å²) in [6.45, 7) is 0. The number of nitrogens with two attached hydrogens (primary N) is 1. The molecule has 1 aromatic heterocycles. The number of halogens is 1. The molecule has 0 radical (unpaired) electrons. The maximum atomic E-state index is 12.7. The van der Waals surface area contributed by atoms with Gasteiger partial charge in [-0.15, -0.1) is 0 Å². The van der Waals surface area contributed by atoms with Gasteiger partial charge in [0.15, 0.2) is 0 Å². The molecule has 4 nitrogen and oxygen atoms in total. The Labute approximate surface area is 127 Å². The Morgan fingerprint density at radius 1 is 1.14 bits per heavy atom. The van der Waals surface area contributed by atoms with Crippen LogP contribution in [-0.2, 0) is 12.8 Å². The molecular formula is C16H14ClN3O. The molecule has 2 N–H and O–H groups in total. The SMILES string of the molecule is N#Cc1c2c(c(=O)n(-c3ccc(Cl)cc3)c1N)CCCC2. The third-order valence-corrected chi connectivity index (χ3v) is 4.18. The largest absolute Gasteiger partial charge is 0.384 e. The van der Waals surface area contributed by atoms with Crippen molar-refractivity contribution in [3.8, 4) is 11.8 Å². The lowest BCUT2D eigenvalue weighted by molar-refractivity contribution is 0.670. The number of pyridine rings is 1. The standard InChI is InChI=1S/C16H14ClN3O/c17-10-5-7-11(8-6-10)20-15(19)14(9-18)12-3-1-2-4-13(12)16(20)21/h5-8H,1-4,19H2. The van der Waals surface area contributed by atoms with Gasteiger partial charge in [-0.25, -0.2) is 0 Å². The van der Waals surface area contributed by atoms with Crippen molar-refractivity contribution < 1.29 is 0 Å². The number of nitrogens with zero attached hydrogens (tertiary/aromatic N) is 2. The van der Waals surface area contributed by atoms with E-state index in [2.05, 4.69) is 6.07 Å². The average molecular weight is 300 g/mol. The van der Waals surface area contributed by atoms with Gasteiger partial charge in [-0.2, -0.15) is 5.26 Å². The number of rotatable bonds is 1. The monoisotopic (exact) mass is 299 g/mol. The van der Waals surface area contributed by atoms with Crippen LogP contribution >= 0.6 is 11.6 Å². The molecule has 1 aromatic carbocycles. The number of fused-ring (bicyclic) bond motifs is 1. The molecule has 3 rings (SSSR count). The molecule has 2 aromatic rings. The summed E-state index contributed by atoms with van der Waals surface area (Å²) in [4.78, 5) is 12.7. The van der Waals surface area contributed by atoms with Crippen molar-refractivity contribution in [3.63, 3.8) is 0 Å². The lowest BCUT2D eigenvalue weighted by Gasteiger charge is -2.21. The smallest absolute Gasteiger partial charge is 0.260 e. The molecule has 106 valence electrons. The van der Waals surface area contributed by atoms with E-state index < -0.39 is 0 Å². The van der Waals surface area contributed by atoms with Crippen LogP contribution in [0.1, 0.15) is 29.5 Å². The summed E-state index contributed by atoms with van der Waals surface area (Å²) in [6, 6.07) is 9.03. The van der Waals surface area contributed by atoms with Crippen LogP contribution in [0, 0.1) is 11.3 Å². The molecule has 0 amide bonds. The van der Waals surface area contributed by atoms with E-state index in [1.807, 2.05) is 0 Å². The summed E-state index contributed by atoms with van der Waals surface area (Å²) in [5.74, 6) is 0.213. The summed E-state index contributed by atoms with van der Waals surface area (Å²) in [7, 11) is 0. The fourth-order valence-corrected chi connectivity index (χ4v) is 3.03. The van der Waals surface area contributed by atoms with Gasteiger partial charge in [0.1, 0.15) is 11.9 Å². The van der Waals surface area contributed by atoms with Crippen LogP contribution in [0.2, 0.25) is 5.02 Å². The van der Waals surface area contributed by atoms with Crippen LogP contribution in [0.3, 0.4) is 0 Å². The van der Waals surface area contributed by atoms with Crippen molar-refractivity contribution in [2.45, 2.75) is 25.7 Å². The van der Waals surface area contributed by atoms with Crippen LogP contribution in [0.15, 0.2) is 29.1 Å². The van der Waals surface area contributed by atoms with Crippen molar-refractivity contribution in [2.75, 3.05) is 5.73 Å². The molecule has 1 aliphatic rings. The molecule has 1 aliphatic carbocycles. The molecule has 0 atom stereocenters. The predicted molar refractivity (Wildman–Crippen MR) is 82.8 cm³/mol. The molecule has 0 aliphatic heterocycles. The molecular weight excluding hydrogens is 286 g/mol. The van der Waals surface area contributed by atoms with Crippen LogP contribution in [0.5, 0.6) is 0 Å². The summed E-state index contributed by atoms with van der Waals surface area (Å²) >= 11 is 5.88. The number of aromatic nitrogens is 1. The number of benzene rings is 1.